The molecule has 3 rings (SSSR count). The number of benzene rings is 1. The van der Waals surface area contributed by atoms with E-state index in [2.05, 4.69) is 15.6 Å². The molecule has 70 valence electrons. The number of nitrogens with zero attached hydrogens (tertiary/aromatic N) is 2. The van der Waals surface area contributed by atoms with Crippen LogP contribution in [0, 0.1) is 0 Å². The van der Waals surface area contributed by atoms with Crippen LogP contribution in [-0.4, -0.2) is 16.7 Å². The lowest BCUT2D eigenvalue weighted by atomic mass is 10.1. The van der Waals surface area contributed by atoms with E-state index in [1.54, 1.807) is 7.11 Å². The third-order valence-electron chi connectivity index (χ3n) is 2.64. The third kappa shape index (κ3) is 0.839. The highest BCUT2D eigenvalue weighted by Gasteiger charge is 2.21. The maximum atomic E-state index is 5.34. The van der Waals surface area contributed by atoms with Gasteiger partial charge in [-0.15, -0.1) is 0 Å². The Labute approximate surface area is 82.0 Å². The molecule has 0 N–H and O–H groups in total. The molecule has 1 aromatic carbocycles. The molecule has 0 saturated heterocycles. The first-order valence-corrected chi connectivity index (χ1v) is 4.56. The fourth-order valence-electron chi connectivity index (χ4n) is 2.01. The Hall–Kier alpha value is -1.77. The second-order valence-electron chi connectivity index (χ2n) is 3.40. The molecule has 3 heteroatoms. The van der Waals surface area contributed by atoms with E-state index in [1.807, 2.05) is 24.7 Å². The predicted molar refractivity (Wildman–Crippen MR) is 53.3 cm³/mol. The number of imidazole rings is 1. The summed E-state index contributed by atoms with van der Waals surface area (Å²) in [6, 6.07) is 6.14. The first-order chi connectivity index (χ1) is 6.90. The molecule has 0 aliphatic carbocycles. The first-order valence-electron chi connectivity index (χ1n) is 4.56. The molecule has 0 unspecified atom stereocenters. The average Bonchev–Trinajstić information content (AvgIpc) is 2.75. The number of hydrogen-bond acceptors (Lipinski definition) is 2. The van der Waals surface area contributed by atoms with Crippen molar-refractivity contribution in [1.82, 2.24) is 9.55 Å². The van der Waals surface area contributed by atoms with Crippen molar-refractivity contribution in [3.63, 3.8) is 0 Å². The number of fused-ring (bicyclic) bond motifs is 3. The molecule has 2 heterocycles. The molecule has 1 aliphatic rings. The van der Waals surface area contributed by atoms with Gasteiger partial charge in [0.25, 0.3) is 0 Å². The van der Waals surface area contributed by atoms with Gasteiger partial charge in [-0.2, -0.15) is 0 Å². The lowest BCUT2D eigenvalue weighted by Gasteiger charge is -2.05. The minimum atomic E-state index is 0.905. The molecular formula is C11H10N2O. The molecule has 0 amide bonds. The molecule has 0 radical (unpaired) electrons. The Balaban J connectivity index is 2.31. The lowest BCUT2D eigenvalue weighted by Crippen LogP contribution is -1.89. The van der Waals surface area contributed by atoms with Crippen LogP contribution in [0.4, 0.5) is 0 Å². The second kappa shape index (κ2) is 2.61. The van der Waals surface area contributed by atoms with Gasteiger partial charge in [0, 0.05) is 12.1 Å². The zero-order chi connectivity index (χ0) is 9.54. The van der Waals surface area contributed by atoms with Crippen molar-refractivity contribution < 1.29 is 4.74 Å². The van der Waals surface area contributed by atoms with Crippen LogP contribution in [0.2, 0.25) is 0 Å². The predicted octanol–water partition coefficient (Wildman–Crippen LogP) is 1.92. The maximum Gasteiger partial charge on any atom is 0.128 e. The molecule has 3 nitrogen and oxygen atoms in total. The number of ether oxygens (including phenoxy) is 1. The fraction of sp³-hybridized carbons (Fsp3) is 0.182. The summed E-state index contributed by atoms with van der Waals surface area (Å²) >= 11 is 0. The Morgan fingerprint density at radius 1 is 1.43 bits per heavy atom. The van der Waals surface area contributed by atoms with Crippen molar-refractivity contribution in [2.75, 3.05) is 7.11 Å². The van der Waals surface area contributed by atoms with E-state index in [1.165, 1.54) is 11.1 Å². The van der Waals surface area contributed by atoms with Crippen LogP contribution in [0.25, 0.3) is 11.3 Å². The highest BCUT2D eigenvalue weighted by molar-refractivity contribution is 5.74. The van der Waals surface area contributed by atoms with Gasteiger partial charge >= 0.3 is 0 Å². The minimum absolute atomic E-state index is 0.905. The summed E-state index contributed by atoms with van der Waals surface area (Å²) in [7, 11) is 1.70. The standard InChI is InChI=1S/C11H10N2O/c1-14-10-4-2-3-8-6-13-7-12-5-9(13)11(8)10/h2-5,7H,6H2,1H3. The van der Waals surface area contributed by atoms with E-state index in [0.29, 0.717) is 0 Å². The molecule has 0 bridgehead atoms. The molecule has 1 aliphatic heterocycles. The maximum absolute atomic E-state index is 5.34. The van der Waals surface area contributed by atoms with Gasteiger partial charge in [-0.25, -0.2) is 4.98 Å². The van der Waals surface area contributed by atoms with Crippen molar-refractivity contribution in [3.05, 3.63) is 36.3 Å². The number of aromatic nitrogens is 2. The van der Waals surface area contributed by atoms with Gasteiger partial charge in [0.15, 0.2) is 0 Å². The summed E-state index contributed by atoms with van der Waals surface area (Å²) in [5.41, 5.74) is 3.65. The van der Waals surface area contributed by atoms with E-state index >= 15 is 0 Å². The lowest BCUT2D eigenvalue weighted by molar-refractivity contribution is 0.416. The highest BCUT2D eigenvalue weighted by atomic mass is 16.5. The smallest absolute Gasteiger partial charge is 0.128 e. The fourth-order valence-corrected chi connectivity index (χ4v) is 2.01. The van der Waals surface area contributed by atoms with E-state index in [0.717, 1.165) is 18.0 Å². The van der Waals surface area contributed by atoms with Crippen molar-refractivity contribution in [1.29, 1.82) is 0 Å². The number of hydrogen-bond donors (Lipinski definition) is 0. The normalized spacial score (nSPS) is 12.4. The van der Waals surface area contributed by atoms with E-state index in [9.17, 15) is 0 Å². The summed E-state index contributed by atoms with van der Waals surface area (Å²) in [6.45, 7) is 0.905. The first kappa shape index (κ1) is 7.62. The van der Waals surface area contributed by atoms with Crippen LogP contribution in [0.3, 0.4) is 0 Å². The van der Waals surface area contributed by atoms with Gasteiger partial charge in [0.2, 0.25) is 0 Å². The van der Waals surface area contributed by atoms with Gasteiger partial charge in [-0.3, -0.25) is 0 Å². The molecule has 0 saturated carbocycles. The molecule has 1 aromatic heterocycles. The average molecular weight is 186 g/mol. The van der Waals surface area contributed by atoms with Crippen LogP contribution >= 0.6 is 0 Å². The Kier molecular flexibility index (Phi) is 1.42. The minimum Gasteiger partial charge on any atom is -0.496 e. The van der Waals surface area contributed by atoms with Gasteiger partial charge < -0.3 is 9.30 Å². The molecule has 0 atom stereocenters. The molecule has 2 aromatic rings. The SMILES string of the molecule is COc1cccc2c1-c1cncn1C2. The van der Waals surface area contributed by atoms with E-state index in [4.69, 9.17) is 4.74 Å². The van der Waals surface area contributed by atoms with Crippen LogP contribution in [0.15, 0.2) is 30.7 Å². The Morgan fingerprint density at radius 3 is 3.21 bits per heavy atom. The van der Waals surface area contributed by atoms with Crippen LogP contribution in [0.5, 0.6) is 5.75 Å². The van der Waals surface area contributed by atoms with Crippen molar-refractivity contribution in [2.24, 2.45) is 0 Å². The summed E-state index contributed by atoms with van der Waals surface area (Å²) in [5.74, 6) is 0.932. The van der Waals surface area contributed by atoms with E-state index < -0.39 is 0 Å². The van der Waals surface area contributed by atoms with Crippen LogP contribution in [0.1, 0.15) is 5.56 Å². The summed E-state index contributed by atoms with van der Waals surface area (Å²) in [6.07, 6.45) is 3.74. The van der Waals surface area contributed by atoms with Crippen molar-refractivity contribution in [2.45, 2.75) is 6.54 Å². The number of rotatable bonds is 1. The second-order valence-corrected chi connectivity index (χ2v) is 3.40. The summed E-state index contributed by atoms with van der Waals surface area (Å²) < 4.78 is 7.47. The number of methoxy groups -OCH3 is 1. The van der Waals surface area contributed by atoms with Crippen molar-refractivity contribution >= 4 is 0 Å². The van der Waals surface area contributed by atoms with Gasteiger partial charge in [0.05, 0.1) is 25.3 Å². The van der Waals surface area contributed by atoms with Gasteiger partial charge in [-0.1, -0.05) is 12.1 Å². The molecular weight excluding hydrogens is 176 g/mol. The van der Waals surface area contributed by atoms with E-state index in [-0.39, 0.29) is 0 Å². The zero-order valence-electron chi connectivity index (χ0n) is 7.90. The van der Waals surface area contributed by atoms with Crippen LogP contribution in [-0.2, 0) is 6.54 Å². The zero-order valence-corrected chi connectivity index (χ0v) is 7.90. The molecule has 14 heavy (non-hydrogen) atoms. The molecule has 0 fully saturated rings. The monoisotopic (exact) mass is 186 g/mol. The van der Waals surface area contributed by atoms with Crippen molar-refractivity contribution in [3.8, 4) is 17.0 Å². The van der Waals surface area contributed by atoms with Crippen LogP contribution < -0.4 is 4.74 Å². The van der Waals surface area contributed by atoms with Gasteiger partial charge in [0.1, 0.15) is 5.75 Å². The highest BCUT2D eigenvalue weighted by Crippen LogP contribution is 2.38. The Morgan fingerprint density at radius 2 is 2.36 bits per heavy atom. The molecule has 0 spiro atoms. The topological polar surface area (TPSA) is 27.1 Å². The summed E-state index contributed by atoms with van der Waals surface area (Å²) in [5, 5.41) is 0. The Bertz CT molecular complexity index is 488. The largest absolute Gasteiger partial charge is 0.496 e. The third-order valence-corrected chi connectivity index (χ3v) is 2.64. The van der Waals surface area contributed by atoms with Gasteiger partial charge in [-0.05, 0) is 11.6 Å². The summed E-state index contributed by atoms with van der Waals surface area (Å²) in [4.78, 5) is 4.13. The quantitative estimate of drug-likeness (QED) is 0.580.